The number of hydrogen-bond acceptors (Lipinski definition) is 6. The number of alkyl halides is 2. The van der Waals surface area contributed by atoms with Crippen LogP contribution < -0.4 is 21.3 Å². The summed E-state index contributed by atoms with van der Waals surface area (Å²) in [6.45, 7) is 12.7. The van der Waals surface area contributed by atoms with Gasteiger partial charge in [0.2, 0.25) is 0 Å². The average Bonchev–Trinajstić information content (AvgIpc) is 2.56. The number of hydrogen-bond donors (Lipinski definition) is 4. The van der Waals surface area contributed by atoms with E-state index < -0.39 is 47.8 Å². The summed E-state index contributed by atoms with van der Waals surface area (Å²) in [7, 11) is 0. The van der Waals surface area contributed by atoms with Crippen LogP contribution >= 0.6 is 0 Å². The molecule has 0 aliphatic carbocycles. The van der Waals surface area contributed by atoms with Crippen molar-refractivity contribution >= 4 is 12.2 Å². The van der Waals surface area contributed by atoms with Crippen molar-refractivity contribution in [1.29, 1.82) is 0 Å². The van der Waals surface area contributed by atoms with Gasteiger partial charge in [-0.05, 0) is 67.5 Å². The molecule has 2 fully saturated rings. The summed E-state index contributed by atoms with van der Waals surface area (Å²) in [5.74, 6) is 0. The molecule has 2 rings (SSSR count). The lowest BCUT2D eigenvalue weighted by molar-refractivity contribution is 0.0448. The summed E-state index contributed by atoms with van der Waals surface area (Å²) in [5, 5.41) is 10.9. The Bertz CT molecular complexity index is 504. The molecule has 2 saturated heterocycles. The van der Waals surface area contributed by atoms with Gasteiger partial charge in [0.15, 0.2) is 0 Å². The first-order valence-corrected chi connectivity index (χ1v) is 10.5. The highest BCUT2D eigenvalue weighted by Gasteiger charge is 2.28. The highest BCUT2D eigenvalue weighted by molar-refractivity contribution is 5.68. The molecule has 0 saturated carbocycles. The predicted molar refractivity (Wildman–Crippen MR) is 111 cm³/mol. The van der Waals surface area contributed by atoms with Gasteiger partial charge in [-0.25, -0.2) is 18.4 Å². The molecule has 0 radical (unpaired) electrons. The summed E-state index contributed by atoms with van der Waals surface area (Å²) in [5.41, 5.74) is -1.08. The number of ether oxygens (including phenoxy) is 2. The molecule has 0 aromatic rings. The number of halogens is 2. The number of rotatable bonds is 2. The second kappa shape index (κ2) is 11.6. The molecule has 4 atom stereocenters. The fourth-order valence-corrected chi connectivity index (χ4v) is 2.88. The minimum Gasteiger partial charge on any atom is -0.444 e. The molecular weight excluding hydrogens is 398 g/mol. The molecule has 8 nitrogen and oxygen atoms in total. The van der Waals surface area contributed by atoms with Crippen LogP contribution in [0.15, 0.2) is 0 Å². The standard InChI is InChI=1S/2C10H19FN2O2/c2*1-10(2,3)15-9(14)13-8-4-5-12-6-7(8)11/h2*7-8,12H,4-6H2,1-3H3,(H,13,14). The van der Waals surface area contributed by atoms with E-state index in [4.69, 9.17) is 9.47 Å². The lowest BCUT2D eigenvalue weighted by Gasteiger charge is -2.28. The molecule has 2 heterocycles. The minimum atomic E-state index is -1.04. The highest BCUT2D eigenvalue weighted by atomic mass is 19.1. The van der Waals surface area contributed by atoms with Gasteiger partial charge < -0.3 is 30.7 Å². The Morgan fingerprint density at radius 1 is 0.767 bits per heavy atom. The zero-order valence-electron chi connectivity index (χ0n) is 18.9. The number of carbonyl (C=O) groups is 2. The summed E-state index contributed by atoms with van der Waals surface area (Å²) < 4.78 is 36.7. The number of alkyl carbamates (subject to hydrolysis) is 2. The van der Waals surface area contributed by atoms with E-state index in [2.05, 4.69) is 21.3 Å². The molecule has 2 aliphatic rings. The first kappa shape index (κ1) is 26.4. The van der Waals surface area contributed by atoms with Crippen molar-refractivity contribution in [3.8, 4) is 0 Å². The molecule has 2 amide bonds. The second-order valence-electron chi connectivity index (χ2n) is 9.52. The first-order valence-electron chi connectivity index (χ1n) is 10.5. The van der Waals surface area contributed by atoms with Gasteiger partial charge in [-0.2, -0.15) is 0 Å². The molecule has 176 valence electrons. The van der Waals surface area contributed by atoms with Crippen LogP contribution in [0.4, 0.5) is 18.4 Å². The molecule has 4 unspecified atom stereocenters. The van der Waals surface area contributed by atoms with Gasteiger partial charge in [0, 0.05) is 13.1 Å². The van der Waals surface area contributed by atoms with Crippen molar-refractivity contribution in [2.75, 3.05) is 26.2 Å². The Morgan fingerprint density at radius 2 is 1.10 bits per heavy atom. The Hall–Kier alpha value is -1.68. The van der Waals surface area contributed by atoms with Gasteiger partial charge in [0.1, 0.15) is 23.5 Å². The fraction of sp³-hybridized carbons (Fsp3) is 0.900. The monoisotopic (exact) mass is 436 g/mol. The van der Waals surface area contributed by atoms with Crippen molar-refractivity contribution < 1.29 is 27.8 Å². The molecular formula is C20H38F2N4O4. The van der Waals surface area contributed by atoms with E-state index in [1.54, 1.807) is 41.5 Å². The van der Waals surface area contributed by atoms with Gasteiger partial charge >= 0.3 is 12.2 Å². The van der Waals surface area contributed by atoms with Gasteiger partial charge in [-0.15, -0.1) is 0 Å². The SMILES string of the molecule is CC(C)(C)OC(=O)NC1CCNCC1F.CC(C)(C)OC(=O)NC1CCNCC1F. The smallest absolute Gasteiger partial charge is 0.407 e. The zero-order chi connectivity index (χ0) is 22.9. The maximum atomic E-state index is 13.3. The summed E-state index contributed by atoms with van der Waals surface area (Å²) in [6, 6.07) is -0.859. The van der Waals surface area contributed by atoms with Crippen LogP contribution in [0.3, 0.4) is 0 Å². The molecule has 4 N–H and O–H groups in total. The maximum absolute atomic E-state index is 13.3. The van der Waals surface area contributed by atoms with E-state index >= 15 is 0 Å². The van der Waals surface area contributed by atoms with Crippen LogP contribution in [0.1, 0.15) is 54.4 Å². The predicted octanol–water partition coefficient (Wildman–Crippen LogP) is 2.42. The molecule has 30 heavy (non-hydrogen) atoms. The number of carbonyl (C=O) groups excluding carboxylic acids is 2. The van der Waals surface area contributed by atoms with E-state index in [1.165, 1.54) is 0 Å². The summed E-state index contributed by atoms with van der Waals surface area (Å²) >= 11 is 0. The van der Waals surface area contributed by atoms with Gasteiger partial charge in [0.25, 0.3) is 0 Å². The molecule has 0 aromatic carbocycles. The Kier molecular flexibility index (Phi) is 10.2. The van der Waals surface area contributed by atoms with E-state index in [0.717, 1.165) is 13.1 Å². The Labute approximate surface area is 178 Å². The van der Waals surface area contributed by atoms with Crippen molar-refractivity contribution in [1.82, 2.24) is 21.3 Å². The van der Waals surface area contributed by atoms with E-state index in [9.17, 15) is 18.4 Å². The van der Waals surface area contributed by atoms with Crippen molar-refractivity contribution in [3.63, 3.8) is 0 Å². The number of nitrogens with one attached hydrogen (secondary N) is 4. The highest BCUT2D eigenvalue weighted by Crippen LogP contribution is 2.12. The van der Waals surface area contributed by atoms with Gasteiger partial charge in [-0.1, -0.05) is 0 Å². The third kappa shape index (κ3) is 11.5. The second-order valence-corrected chi connectivity index (χ2v) is 9.52. The van der Waals surface area contributed by atoms with Crippen LogP contribution in [0.5, 0.6) is 0 Å². The third-order valence-electron chi connectivity index (χ3n) is 4.22. The van der Waals surface area contributed by atoms with Crippen LogP contribution in [0.2, 0.25) is 0 Å². The molecule has 0 bridgehead atoms. The number of amides is 2. The fourth-order valence-electron chi connectivity index (χ4n) is 2.88. The molecule has 2 aliphatic heterocycles. The minimum absolute atomic E-state index is 0.292. The van der Waals surface area contributed by atoms with Crippen molar-refractivity contribution in [2.45, 2.75) is 90.0 Å². The molecule has 0 spiro atoms. The van der Waals surface area contributed by atoms with Gasteiger partial charge in [-0.3, -0.25) is 0 Å². The van der Waals surface area contributed by atoms with Crippen molar-refractivity contribution in [2.24, 2.45) is 0 Å². The first-order chi connectivity index (χ1) is 13.8. The van der Waals surface area contributed by atoms with Gasteiger partial charge in [0.05, 0.1) is 12.1 Å². The van der Waals surface area contributed by atoms with E-state index in [-0.39, 0.29) is 0 Å². The Balaban J connectivity index is 0.000000300. The van der Waals surface area contributed by atoms with Crippen LogP contribution in [-0.2, 0) is 9.47 Å². The third-order valence-corrected chi connectivity index (χ3v) is 4.22. The number of piperidine rings is 2. The lowest BCUT2D eigenvalue weighted by atomic mass is 10.1. The van der Waals surface area contributed by atoms with Crippen molar-refractivity contribution in [3.05, 3.63) is 0 Å². The molecule has 10 heteroatoms. The van der Waals surface area contributed by atoms with Crippen LogP contribution in [-0.4, -0.2) is 74.0 Å². The lowest BCUT2D eigenvalue weighted by Crippen LogP contribution is -2.51. The summed E-state index contributed by atoms with van der Waals surface area (Å²) in [4.78, 5) is 22.7. The summed E-state index contributed by atoms with van der Waals surface area (Å²) in [6.07, 6.45) is -1.97. The normalized spacial score (nSPS) is 27.2. The van der Waals surface area contributed by atoms with E-state index in [0.29, 0.717) is 25.9 Å². The quantitative estimate of drug-likeness (QED) is 0.531. The topological polar surface area (TPSA) is 101 Å². The van der Waals surface area contributed by atoms with E-state index in [1.807, 2.05) is 0 Å². The van der Waals surface area contributed by atoms with Crippen LogP contribution in [0.25, 0.3) is 0 Å². The average molecular weight is 437 g/mol. The molecule has 0 aromatic heterocycles. The Morgan fingerprint density at radius 3 is 1.37 bits per heavy atom. The zero-order valence-corrected chi connectivity index (χ0v) is 18.9. The largest absolute Gasteiger partial charge is 0.444 e. The maximum Gasteiger partial charge on any atom is 0.407 e. The van der Waals surface area contributed by atoms with Crippen LogP contribution in [0, 0.1) is 0 Å².